The average Bonchev–Trinajstić information content (AvgIpc) is 2.92. The zero-order valence-electron chi connectivity index (χ0n) is 12.3. The predicted molar refractivity (Wildman–Crippen MR) is 77.6 cm³/mol. The van der Waals surface area contributed by atoms with Crippen LogP contribution in [0, 0.1) is 6.92 Å². The Kier molecular flexibility index (Phi) is 4.23. The van der Waals surface area contributed by atoms with Crippen LogP contribution in [0.4, 0.5) is 0 Å². The molecule has 4 nitrogen and oxygen atoms in total. The highest BCUT2D eigenvalue weighted by Gasteiger charge is 2.42. The number of likely N-dealkylation sites (N-methyl/N-ethyl adjacent to an activating group) is 1. The molecule has 0 bridgehead atoms. The van der Waals surface area contributed by atoms with Crippen molar-refractivity contribution in [3.8, 4) is 0 Å². The molecule has 1 atom stereocenters. The van der Waals surface area contributed by atoms with Gasteiger partial charge in [-0.15, -0.1) is 0 Å². The van der Waals surface area contributed by atoms with E-state index in [4.69, 9.17) is 11.6 Å². The molecule has 108 valence electrons. The van der Waals surface area contributed by atoms with Crippen molar-refractivity contribution in [1.29, 1.82) is 0 Å². The van der Waals surface area contributed by atoms with Gasteiger partial charge in [0.15, 0.2) is 0 Å². The third-order valence-electron chi connectivity index (χ3n) is 4.65. The van der Waals surface area contributed by atoms with Crippen LogP contribution < -0.4 is 0 Å². The van der Waals surface area contributed by atoms with Crippen LogP contribution in [0.3, 0.4) is 0 Å². The molecule has 0 radical (unpaired) electrons. The van der Waals surface area contributed by atoms with Gasteiger partial charge in [0.2, 0.25) is 0 Å². The molecule has 5 heteroatoms. The van der Waals surface area contributed by atoms with Gasteiger partial charge in [0.05, 0.1) is 11.8 Å². The lowest BCUT2D eigenvalue weighted by atomic mass is 9.85. The molecule has 19 heavy (non-hydrogen) atoms. The maximum atomic E-state index is 10.7. The van der Waals surface area contributed by atoms with Gasteiger partial charge in [0.25, 0.3) is 0 Å². The number of aromatic nitrogens is 2. The van der Waals surface area contributed by atoms with Gasteiger partial charge in [0, 0.05) is 24.6 Å². The summed E-state index contributed by atoms with van der Waals surface area (Å²) >= 11 is 6.27. The molecule has 1 aliphatic carbocycles. The fourth-order valence-electron chi connectivity index (χ4n) is 3.35. The molecule has 1 saturated carbocycles. The smallest absolute Gasteiger partial charge is 0.130 e. The topological polar surface area (TPSA) is 41.3 Å². The van der Waals surface area contributed by atoms with Gasteiger partial charge in [-0.1, -0.05) is 24.4 Å². The molecule has 0 aliphatic heterocycles. The number of aliphatic hydroxyl groups excluding tert-OH is 1. The first kappa shape index (κ1) is 14.8. The molecule has 0 amide bonds. The van der Waals surface area contributed by atoms with Gasteiger partial charge in [-0.05, 0) is 33.9 Å². The number of hydrogen-bond donors (Lipinski definition) is 1. The van der Waals surface area contributed by atoms with Crippen molar-refractivity contribution in [1.82, 2.24) is 14.7 Å². The van der Waals surface area contributed by atoms with Crippen molar-refractivity contribution >= 4 is 11.6 Å². The van der Waals surface area contributed by atoms with Crippen LogP contribution in [0.25, 0.3) is 0 Å². The predicted octanol–water partition coefficient (Wildman–Crippen LogP) is 2.16. The van der Waals surface area contributed by atoms with E-state index in [9.17, 15) is 5.11 Å². The first-order valence-electron chi connectivity index (χ1n) is 6.92. The largest absolute Gasteiger partial charge is 0.391 e. The summed E-state index contributed by atoms with van der Waals surface area (Å²) in [6.07, 6.45) is 4.67. The normalized spacial score (nSPS) is 20.2. The van der Waals surface area contributed by atoms with E-state index in [2.05, 4.69) is 24.1 Å². The number of hydrogen-bond acceptors (Lipinski definition) is 3. The molecular weight excluding hydrogens is 262 g/mol. The highest BCUT2D eigenvalue weighted by Crippen LogP contribution is 2.38. The molecule has 1 fully saturated rings. The summed E-state index contributed by atoms with van der Waals surface area (Å²) in [6, 6.07) is 0. The lowest BCUT2D eigenvalue weighted by Crippen LogP contribution is -2.52. The molecule has 2 rings (SSSR count). The van der Waals surface area contributed by atoms with Gasteiger partial charge in [-0.3, -0.25) is 4.68 Å². The summed E-state index contributed by atoms with van der Waals surface area (Å²) < 4.78 is 1.68. The van der Waals surface area contributed by atoms with Crippen molar-refractivity contribution in [2.24, 2.45) is 7.05 Å². The SMILES string of the molecule is Cc1nn(C)c(Cl)c1CC(O)C1(N(C)C)CCCC1. The van der Waals surface area contributed by atoms with Crippen molar-refractivity contribution < 1.29 is 5.11 Å². The number of aliphatic hydroxyl groups is 1. The fraction of sp³-hybridized carbons (Fsp3) is 0.786. The maximum absolute atomic E-state index is 10.7. The molecule has 1 heterocycles. The Morgan fingerprint density at radius 1 is 1.42 bits per heavy atom. The third kappa shape index (κ3) is 2.54. The minimum Gasteiger partial charge on any atom is -0.391 e. The van der Waals surface area contributed by atoms with E-state index in [0.717, 1.165) is 24.1 Å². The summed E-state index contributed by atoms with van der Waals surface area (Å²) in [7, 11) is 5.96. The lowest BCUT2D eigenvalue weighted by Gasteiger charge is -2.40. The summed E-state index contributed by atoms with van der Waals surface area (Å²) in [6.45, 7) is 1.95. The third-order valence-corrected chi connectivity index (χ3v) is 5.12. The number of halogens is 1. The minimum absolute atomic E-state index is 0.106. The van der Waals surface area contributed by atoms with Gasteiger partial charge >= 0.3 is 0 Å². The van der Waals surface area contributed by atoms with E-state index in [1.807, 2.05) is 14.0 Å². The van der Waals surface area contributed by atoms with Crippen molar-refractivity contribution in [2.45, 2.75) is 50.7 Å². The van der Waals surface area contributed by atoms with E-state index in [1.54, 1.807) is 4.68 Å². The minimum atomic E-state index is -0.398. The molecule has 1 N–H and O–H groups in total. The number of nitrogens with zero attached hydrogens (tertiary/aromatic N) is 3. The number of aryl methyl sites for hydroxylation is 2. The summed E-state index contributed by atoms with van der Waals surface area (Å²) in [5.74, 6) is 0. The standard InChI is InChI=1S/C14H24ClN3O/c1-10-11(13(15)18(4)16-10)9-12(19)14(17(2)3)7-5-6-8-14/h12,19H,5-9H2,1-4H3. The molecule has 1 aliphatic rings. The Bertz CT molecular complexity index is 450. The van der Waals surface area contributed by atoms with E-state index in [1.165, 1.54) is 12.8 Å². The maximum Gasteiger partial charge on any atom is 0.130 e. The van der Waals surface area contributed by atoms with Crippen LogP contribution in [-0.4, -0.2) is 45.5 Å². The summed E-state index contributed by atoms with van der Waals surface area (Å²) in [4.78, 5) is 2.18. The highest BCUT2D eigenvalue weighted by molar-refractivity contribution is 6.30. The molecule has 0 saturated heterocycles. The zero-order valence-corrected chi connectivity index (χ0v) is 13.0. The highest BCUT2D eigenvalue weighted by atomic mass is 35.5. The van der Waals surface area contributed by atoms with E-state index >= 15 is 0 Å². The number of rotatable bonds is 4. The van der Waals surface area contributed by atoms with E-state index in [0.29, 0.717) is 11.6 Å². The second kappa shape index (κ2) is 5.43. The summed E-state index contributed by atoms with van der Waals surface area (Å²) in [5.41, 5.74) is 1.79. The first-order chi connectivity index (χ1) is 8.88. The molecule has 0 spiro atoms. The molecule has 0 aromatic carbocycles. The van der Waals surface area contributed by atoms with Crippen molar-refractivity contribution in [3.63, 3.8) is 0 Å². The molecule has 1 unspecified atom stereocenters. The van der Waals surface area contributed by atoms with Gasteiger partial charge in [-0.2, -0.15) is 5.10 Å². The second-order valence-corrected chi connectivity index (χ2v) is 6.26. The first-order valence-corrected chi connectivity index (χ1v) is 7.30. The van der Waals surface area contributed by atoms with Crippen LogP contribution in [-0.2, 0) is 13.5 Å². The van der Waals surface area contributed by atoms with Crippen LogP contribution in [0.15, 0.2) is 0 Å². The Labute approximate surface area is 120 Å². The average molecular weight is 286 g/mol. The second-order valence-electron chi connectivity index (χ2n) is 5.90. The van der Waals surface area contributed by atoms with Crippen LogP contribution in [0.1, 0.15) is 36.9 Å². The van der Waals surface area contributed by atoms with Gasteiger partial charge in [-0.25, -0.2) is 0 Å². The fourth-order valence-corrected chi connectivity index (χ4v) is 3.61. The molecule has 1 aromatic rings. The van der Waals surface area contributed by atoms with Gasteiger partial charge in [0.1, 0.15) is 5.15 Å². The Balaban J connectivity index is 2.22. The molecular formula is C14H24ClN3O. The van der Waals surface area contributed by atoms with E-state index in [-0.39, 0.29) is 5.54 Å². The van der Waals surface area contributed by atoms with Crippen LogP contribution >= 0.6 is 11.6 Å². The van der Waals surface area contributed by atoms with Gasteiger partial charge < -0.3 is 10.0 Å². The van der Waals surface area contributed by atoms with Crippen molar-refractivity contribution in [3.05, 3.63) is 16.4 Å². The Morgan fingerprint density at radius 3 is 2.42 bits per heavy atom. The quantitative estimate of drug-likeness (QED) is 0.922. The Morgan fingerprint density at radius 2 is 2.00 bits per heavy atom. The monoisotopic (exact) mass is 285 g/mol. The van der Waals surface area contributed by atoms with Crippen molar-refractivity contribution in [2.75, 3.05) is 14.1 Å². The molecule has 1 aromatic heterocycles. The van der Waals surface area contributed by atoms with E-state index < -0.39 is 6.10 Å². The lowest BCUT2D eigenvalue weighted by molar-refractivity contribution is -0.00257. The summed E-state index contributed by atoms with van der Waals surface area (Å²) in [5, 5.41) is 15.7. The zero-order chi connectivity index (χ0) is 14.2. The van der Waals surface area contributed by atoms with Crippen LogP contribution in [0.2, 0.25) is 5.15 Å². The Hall–Kier alpha value is -0.580. The van der Waals surface area contributed by atoms with Crippen LogP contribution in [0.5, 0.6) is 0 Å².